The summed E-state index contributed by atoms with van der Waals surface area (Å²) in [6.45, 7) is 6.02. The highest BCUT2D eigenvalue weighted by Gasteiger charge is 2.17. The zero-order valence-electron chi connectivity index (χ0n) is 10.1. The quantitative estimate of drug-likeness (QED) is 0.783. The Bertz CT molecular complexity index is 293. The van der Waals surface area contributed by atoms with Crippen molar-refractivity contribution in [2.75, 3.05) is 13.6 Å². The Hall–Kier alpha value is -0.870. The molecule has 0 aliphatic rings. The van der Waals surface area contributed by atoms with Gasteiger partial charge < -0.3 is 5.73 Å². The molecule has 2 N–H and O–H groups in total. The van der Waals surface area contributed by atoms with Crippen molar-refractivity contribution in [1.82, 2.24) is 14.7 Å². The molecule has 1 aromatic rings. The van der Waals surface area contributed by atoms with E-state index in [1.165, 1.54) is 5.56 Å². The number of hydrogen-bond donors (Lipinski definition) is 1. The second kappa shape index (κ2) is 5.28. The third-order valence-electron chi connectivity index (χ3n) is 2.77. The maximum absolute atomic E-state index is 5.77. The fourth-order valence-corrected chi connectivity index (χ4v) is 1.92. The summed E-state index contributed by atoms with van der Waals surface area (Å²) in [6, 6.07) is 0.435. The summed E-state index contributed by atoms with van der Waals surface area (Å²) in [5.74, 6) is 0.580. The first-order valence-corrected chi connectivity index (χ1v) is 5.42. The van der Waals surface area contributed by atoms with E-state index < -0.39 is 0 Å². The first-order valence-electron chi connectivity index (χ1n) is 5.42. The Kier molecular flexibility index (Phi) is 4.29. The van der Waals surface area contributed by atoms with Gasteiger partial charge in [-0.15, -0.1) is 0 Å². The van der Waals surface area contributed by atoms with Crippen molar-refractivity contribution < 1.29 is 0 Å². The summed E-state index contributed by atoms with van der Waals surface area (Å²) in [7, 11) is 4.05. The lowest BCUT2D eigenvalue weighted by Gasteiger charge is -2.29. The standard InChI is InChI=1S/C11H22N4/c1-9(2)11(5-12)14(3)7-10-6-13-15(4)8-10/h6,8-9,11H,5,7,12H2,1-4H3. The van der Waals surface area contributed by atoms with Crippen molar-refractivity contribution >= 4 is 0 Å². The molecule has 1 aromatic heterocycles. The molecule has 0 amide bonds. The van der Waals surface area contributed by atoms with Crippen LogP contribution in [0, 0.1) is 5.92 Å². The number of nitrogens with zero attached hydrogens (tertiary/aromatic N) is 3. The molecule has 4 nitrogen and oxygen atoms in total. The minimum absolute atomic E-state index is 0.435. The van der Waals surface area contributed by atoms with E-state index >= 15 is 0 Å². The van der Waals surface area contributed by atoms with Gasteiger partial charge >= 0.3 is 0 Å². The van der Waals surface area contributed by atoms with Crippen LogP contribution in [-0.2, 0) is 13.6 Å². The van der Waals surface area contributed by atoms with Crippen molar-refractivity contribution in [3.8, 4) is 0 Å². The van der Waals surface area contributed by atoms with Crippen LogP contribution in [0.25, 0.3) is 0 Å². The van der Waals surface area contributed by atoms with Crippen LogP contribution in [0.1, 0.15) is 19.4 Å². The Balaban J connectivity index is 2.57. The molecule has 1 unspecified atom stereocenters. The molecule has 0 aliphatic carbocycles. The Morgan fingerprint density at radius 1 is 1.53 bits per heavy atom. The maximum Gasteiger partial charge on any atom is 0.0534 e. The molecule has 15 heavy (non-hydrogen) atoms. The Labute approximate surface area is 92.1 Å². The van der Waals surface area contributed by atoms with Gasteiger partial charge in [-0.25, -0.2) is 0 Å². The molecule has 0 aromatic carbocycles. The van der Waals surface area contributed by atoms with Gasteiger partial charge in [-0.05, 0) is 13.0 Å². The number of nitrogens with two attached hydrogens (primary N) is 1. The average molecular weight is 210 g/mol. The fourth-order valence-electron chi connectivity index (χ4n) is 1.92. The monoisotopic (exact) mass is 210 g/mol. The van der Waals surface area contributed by atoms with Crippen molar-refractivity contribution in [3.05, 3.63) is 18.0 Å². The van der Waals surface area contributed by atoms with E-state index in [0.29, 0.717) is 18.5 Å². The van der Waals surface area contributed by atoms with Gasteiger partial charge in [-0.2, -0.15) is 5.10 Å². The van der Waals surface area contributed by atoms with Gasteiger partial charge in [0.05, 0.1) is 6.20 Å². The van der Waals surface area contributed by atoms with E-state index in [9.17, 15) is 0 Å². The van der Waals surface area contributed by atoms with E-state index in [4.69, 9.17) is 5.73 Å². The largest absolute Gasteiger partial charge is 0.329 e. The SMILES string of the molecule is CC(C)C(CN)N(C)Cc1cnn(C)c1. The van der Waals surface area contributed by atoms with Crippen LogP contribution in [0.5, 0.6) is 0 Å². The first kappa shape index (κ1) is 12.2. The topological polar surface area (TPSA) is 47.1 Å². The van der Waals surface area contributed by atoms with Crippen LogP contribution in [0.2, 0.25) is 0 Å². The molecule has 86 valence electrons. The molecule has 0 bridgehead atoms. The Morgan fingerprint density at radius 3 is 2.60 bits per heavy atom. The number of rotatable bonds is 5. The lowest BCUT2D eigenvalue weighted by molar-refractivity contribution is 0.190. The number of aromatic nitrogens is 2. The van der Waals surface area contributed by atoms with Crippen molar-refractivity contribution in [2.45, 2.75) is 26.4 Å². The molecular weight excluding hydrogens is 188 g/mol. The third-order valence-corrected chi connectivity index (χ3v) is 2.77. The molecule has 1 heterocycles. The predicted octanol–water partition coefficient (Wildman–Crippen LogP) is 0.835. The molecule has 0 spiro atoms. The lowest BCUT2D eigenvalue weighted by Crippen LogP contribution is -2.41. The minimum atomic E-state index is 0.435. The van der Waals surface area contributed by atoms with Crippen molar-refractivity contribution in [3.63, 3.8) is 0 Å². The van der Waals surface area contributed by atoms with Crippen LogP contribution in [0.15, 0.2) is 12.4 Å². The third kappa shape index (κ3) is 3.32. The van der Waals surface area contributed by atoms with E-state index in [1.807, 2.05) is 24.1 Å². The minimum Gasteiger partial charge on any atom is -0.329 e. The highest BCUT2D eigenvalue weighted by atomic mass is 15.2. The lowest BCUT2D eigenvalue weighted by atomic mass is 10.0. The molecule has 0 fully saturated rings. The van der Waals surface area contributed by atoms with Crippen molar-refractivity contribution in [2.24, 2.45) is 18.7 Å². The molecule has 1 rings (SSSR count). The van der Waals surface area contributed by atoms with Crippen LogP contribution in [-0.4, -0.2) is 34.3 Å². The molecule has 0 saturated carbocycles. The Morgan fingerprint density at radius 2 is 2.20 bits per heavy atom. The summed E-state index contributed by atoms with van der Waals surface area (Å²) in [6.07, 6.45) is 3.95. The zero-order chi connectivity index (χ0) is 11.4. The van der Waals surface area contributed by atoms with E-state index in [-0.39, 0.29) is 0 Å². The first-order chi connectivity index (χ1) is 7.04. The van der Waals surface area contributed by atoms with Crippen LogP contribution in [0.4, 0.5) is 0 Å². The van der Waals surface area contributed by atoms with Gasteiger partial charge in [0.2, 0.25) is 0 Å². The van der Waals surface area contributed by atoms with Gasteiger partial charge in [0.15, 0.2) is 0 Å². The van der Waals surface area contributed by atoms with E-state index in [1.54, 1.807) is 0 Å². The van der Waals surface area contributed by atoms with Crippen LogP contribution in [0.3, 0.4) is 0 Å². The summed E-state index contributed by atoms with van der Waals surface area (Å²) in [5.41, 5.74) is 7.01. The van der Waals surface area contributed by atoms with Gasteiger partial charge in [-0.1, -0.05) is 13.8 Å². The van der Waals surface area contributed by atoms with Gasteiger partial charge in [0.1, 0.15) is 0 Å². The summed E-state index contributed by atoms with van der Waals surface area (Å²) >= 11 is 0. The molecule has 0 saturated heterocycles. The molecule has 0 radical (unpaired) electrons. The number of aryl methyl sites for hydroxylation is 1. The second-order valence-corrected chi connectivity index (χ2v) is 4.48. The van der Waals surface area contributed by atoms with Gasteiger partial charge in [0, 0.05) is 37.9 Å². The average Bonchev–Trinajstić information content (AvgIpc) is 2.51. The van der Waals surface area contributed by atoms with E-state index in [0.717, 1.165) is 6.54 Å². The molecule has 1 atom stereocenters. The highest BCUT2D eigenvalue weighted by molar-refractivity contribution is 5.03. The fraction of sp³-hybridized carbons (Fsp3) is 0.727. The van der Waals surface area contributed by atoms with Gasteiger partial charge in [-0.3, -0.25) is 9.58 Å². The van der Waals surface area contributed by atoms with Crippen LogP contribution >= 0.6 is 0 Å². The maximum atomic E-state index is 5.77. The predicted molar refractivity (Wildman–Crippen MR) is 62.4 cm³/mol. The summed E-state index contributed by atoms with van der Waals surface area (Å²) in [5, 5.41) is 4.16. The molecule has 4 heteroatoms. The zero-order valence-corrected chi connectivity index (χ0v) is 10.1. The second-order valence-electron chi connectivity index (χ2n) is 4.48. The number of likely N-dealkylation sites (N-methyl/N-ethyl adjacent to an activating group) is 1. The van der Waals surface area contributed by atoms with E-state index in [2.05, 4.69) is 30.9 Å². The normalized spacial score (nSPS) is 13.8. The summed E-state index contributed by atoms with van der Waals surface area (Å²) in [4.78, 5) is 2.29. The molecular formula is C11H22N4. The van der Waals surface area contributed by atoms with Crippen molar-refractivity contribution in [1.29, 1.82) is 0 Å². The summed E-state index contributed by atoms with van der Waals surface area (Å²) < 4.78 is 1.83. The van der Waals surface area contributed by atoms with Gasteiger partial charge in [0.25, 0.3) is 0 Å². The smallest absolute Gasteiger partial charge is 0.0534 e. The highest BCUT2D eigenvalue weighted by Crippen LogP contribution is 2.11. The number of hydrogen-bond acceptors (Lipinski definition) is 3. The van der Waals surface area contributed by atoms with Crippen LogP contribution < -0.4 is 5.73 Å². The molecule has 0 aliphatic heterocycles.